The van der Waals surface area contributed by atoms with Crippen LogP contribution in [0.15, 0.2) is 16.7 Å². The SMILES string of the molecule is C#CC1CC(=O)N(c2nc(Br)ccc2N)C1. The van der Waals surface area contributed by atoms with Gasteiger partial charge in [0.2, 0.25) is 5.91 Å². The number of nitrogens with two attached hydrogens (primary N) is 1. The van der Waals surface area contributed by atoms with Crippen LogP contribution in [0.3, 0.4) is 0 Å². The van der Waals surface area contributed by atoms with E-state index in [1.807, 2.05) is 0 Å². The molecule has 2 rings (SSSR count). The van der Waals surface area contributed by atoms with Gasteiger partial charge < -0.3 is 5.73 Å². The predicted molar refractivity (Wildman–Crippen MR) is 65.6 cm³/mol. The first-order valence-corrected chi connectivity index (χ1v) is 5.59. The number of anilines is 2. The molecule has 1 aliphatic rings. The lowest BCUT2D eigenvalue weighted by molar-refractivity contribution is -0.117. The van der Waals surface area contributed by atoms with E-state index in [1.54, 1.807) is 17.0 Å². The van der Waals surface area contributed by atoms with Crippen LogP contribution in [0.4, 0.5) is 11.5 Å². The topological polar surface area (TPSA) is 59.2 Å². The minimum atomic E-state index is -0.0484. The van der Waals surface area contributed by atoms with E-state index in [4.69, 9.17) is 12.2 Å². The van der Waals surface area contributed by atoms with E-state index in [-0.39, 0.29) is 11.8 Å². The van der Waals surface area contributed by atoms with Crippen LogP contribution in [-0.4, -0.2) is 17.4 Å². The van der Waals surface area contributed by atoms with Gasteiger partial charge >= 0.3 is 0 Å². The Morgan fingerprint density at radius 3 is 3.00 bits per heavy atom. The van der Waals surface area contributed by atoms with Crippen LogP contribution in [0.25, 0.3) is 0 Å². The highest BCUT2D eigenvalue weighted by Crippen LogP contribution is 2.28. The van der Waals surface area contributed by atoms with E-state index in [1.165, 1.54) is 0 Å². The highest BCUT2D eigenvalue weighted by Gasteiger charge is 2.31. The van der Waals surface area contributed by atoms with E-state index in [2.05, 4.69) is 26.8 Å². The van der Waals surface area contributed by atoms with Crippen LogP contribution in [0, 0.1) is 18.3 Å². The van der Waals surface area contributed by atoms with Crippen molar-refractivity contribution in [3.8, 4) is 12.3 Å². The predicted octanol–water partition coefficient (Wildman–Crippen LogP) is 1.41. The minimum absolute atomic E-state index is 0.0275. The van der Waals surface area contributed by atoms with Gasteiger partial charge in [0.05, 0.1) is 5.69 Å². The molecule has 1 aliphatic heterocycles. The van der Waals surface area contributed by atoms with E-state index < -0.39 is 0 Å². The van der Waals surface area contributed by atoms with Crippen molar-refractivity contribution in [2.75, 3.05) is 17.2 Å². The number of carbonyl (C=O) groups is 1. The molecule has 0 bridgehead atoms. The second-order valence-corrected chi connectivity index (χ2v) is 4.43. The van der Waals surface area contributed by atoms with Gasteiger partial charge in [0, 0.05) is 18.9 Å². The molecular formula is C11H10BrN3O. The van der Waals surface area contributed by atoms with Crippen molar-refractivity contribution in [3.05, 3.63) is 16.7 Å². The fourth-order valence-corrected chi connectivity index (χ4v) is 1.98. The van der Waals surface area contributed by atoms with Gasteiger partial charge in [-0.25, -0.2) is 4.98 Å². The molecule has 1 atom stereocenters. The van der Waals surface area contributed by atoms with Crippen molar-refractivity contribution in [1.82, 2.24) is 4.98 Å². The molecule has 0 aliphatic carbocycles. The van der Waals surface area contributed by atoms with Crippen molar-refractivity contribution in [2.24, 2.45) is 5.92 Å². The van der Waals surface area contributed by atoms with Gasteiger partial charge in [0.1, 0.15) is 4.60 Å². The van der Waals surface area contributed by atoms with E-state index in [9.17, 15) is 4.79 Å². The molecule has 1 aromatic rings. The zero-order valence-corrected chi connectivity index (χ0v) is 10.1. The number of amides is 1. The van der Waals surface area contributed by atoms with Crippen LogP contribution >= 0.6 is 15.9 Å². The fraction of sp³-hybridized carbons (Fsp3) is 0.273. The molecule has 2 N–H and O–H groups in total. The van der Waals surface area contributed by atoms with Gasteiger partial charge in [-0.15, -0.1) is 12.3 Å². The molecule has 1 fully saturated rings. The number of halogens is 1. The van der Waals surface area contributed by atoms with Gasteiger partial charge in [-0.2, -0.15) is 0 Å². The number of nitrogen functional groups attached to an aromatic ring is 1. The number of pyridine rings is 1. The van der Waals surface area contributed by atoms with E-state index >= 15 is 0 Å². The zero-order valence-electron chi connectivity index (χ0n) is 8.48. The maximum absolute atomic E-state index is 11.7. The van der Waals surface area contributed by atoms with Crippen molar-refractivity contribution < 1.29 is 4.79 Å². The molecule has 4 nitrogen and oxygen atoms in total. The van der Waals surface area contributed by atoms with Gasteiger partial charge in [-0.3, -0.25) is 9.69 Å². The average Bonchev–Trinajstić information content (AvgIpc) is 2.63. The Morgan fingerprint density at radius 1 is 1.62 bits per heavy atom. The van der Waals surface area contributed by atoms with Crippen molar-refractivity contribution in [1.29, 1.82) is 0 Å². The molecule has 0 saturated carbocycles. The standard InChI is InChI=1S/C11H10BrN3O/c1-2-7-5-10(16)15(6-7)11-8(13)3-4-9(12)14-11/h1,3-4,7H,5-6,13H2. The molecule has 0 radical (unpaired) electrons. The lowest BCUT2D eigenvalue weighted by Crippen LogP contribution is -2.26. The number of hydrogen-bond acceptors (Lipinski definition) is 3. The molecule has 1 unspecified atom stereocenters. The summed E-state index contributed by atoms with van der Waals surface area (Å²) in [5, 5.41) is 0. The highest BCUT2D eigenvalue weighted by atomic mass is 79.9. The van der Waals surface area contributed by atoms with Crippen LogP contribution < -0.4 is 10.6 Å². The van der Waals surface area contributed by atoms with Crippen LogP contribution in [0.5, 0.6) is 0 Å². The number of rotatable bonds is 1. The van der Waals surface area contributed by atoms with Crippen LogP contribution in [-0.2, 0) is 4.79 Å². The van der Waals surface area contributed by atoms with Crippen LogP contribution in [0.1, 0.15) is 6.42 Å². The van der Waals surface area contributed by atoms with E-state index in [0.29, 0.717) is 29.1 Å². The summed E-state index contributed by atoms with van der Waals surface area (Å²) < 4.78 is 0.647. The quantitative estimate of drug-likeness (QED) is 0.625. The average molecular weight is 280 g/mol. The number of aromatic nitrogens is 1. The number of carbonyl (C=O) groups excluding carboxylic acids is 1. The van der Waals surface area contributed by atoms with Crippen molar-refractivity contribution >= 4 is 33.3 Å². The number of terminal acetylenes is 1. The summed E-state index contributed by atoms with van der Waals surface area (Å²) in [6.07, 6.45) is 5.68. The highest BCUT2D eigenvalue weighted by molar-refractivity contribution is 9.10. The minimum Gasteiger partial charge on any atom is -0.396 e. The summed E-state index contributed by atoms with van der Waals surface area (Å²) in [4.78, 5) is 17.5. The maximum Gasteiger partial charge on any atom is 0.229 e. The zero-order chi connectivity index (χ0) is 11.7. The summed E-state index contributed by atoms with van der Waals surface area (Å²) >= 11 is 3.25. The molecule has 1 saturated heterocycles. The molecule has 0 spiro atoms. The first-order valence-electron chi connectivity index (χ1n) is 4.80. The third kappa shape index (κ3) is 1.89. The molecular weight excluding hydrogens is 270 g/mol. The molecule has 16 heavy (non-hydrogen) atoms. The molecule has 5 heteroatoms. The molecule has 2 heterocycles. The third-order valence-corrected chi connectivity index (χ3v) is 2.93. The Morgan fingerprint density at radius 2 is 2.38 bits per heavy atom. The lowest BCUT2D eigenvalue weighted by Gasteiger charge is -2.16. The Kier molecular flexibility index (Phi) is 2.84. The Balaban J connectivity index is 2.35. The molecule has 0 aromatic carbocycles. The summed E-state index contributed by atoms with van der Waals surface area (Å²) in [5.41, 5.74) is 6.27. The maximum atomic E-state index is 11.7. The smallest absolute Gasteiger partial charge is 0.229 e. The molecule has 82 valence electrons. The number of hydrogen-bond donors (Lipinski definition) is 1. The van der Waals surface area contributed by atoms with Gasteiger partial charge in [0.15, 0.2) is 5.82 Å². The van der Waals surface area contributed by atoms with Gasteiger partial charge in [-0.1, -0.05) is 0 Å². The Hall–Kier alpha value is -1.54. The first kappa shape index (κ1) is 11.0. The lowest BCUT2D eigenvalue weighted by atomic mass is 10.1. The van der Waals surface area contributed by atoms with Gasteiger partial charge in [-0.05, 0) is 28.1 Å². The third-order valence-electron chi connectivity index (χ3n) is 2.49. The Labute approximate surface area is 102 Å². The van der Waals surface area contributed by atoms with Crippen molar-refractivity contribution in [3.63, 3.8) is 0 Å². The summed E-state index contributed by atoms with van der Waals surface area (Å²) in [6, 6.07) is 3.45. The van der Waals surface area contributed by atoms with E-state index in [0.717, 1.165) is 0 Å². The summed E-state index contributed by atoms with van der Waals surface area (Å²) in [5.74, 6) is 2.99. The molecule has 1 aromatic heterocycles. The normalized spacial score (nSPS) is 19.9. The first-order chi connectivity index (χ1) is 7.61. The summed E-state index contributed by atoms with van der Waals surface area (Å²) in [7, 11) is 0. The van der Waals surface area contributed by atoms with Crippen LogP contribution in [0.2, 0.25) is 0 Å². The Bertz CT molecular complexity index is 481. The largest absolute Gasteiger partial charge is 0.396 e. The second kappa shape index (κ2) is 4.14. The van der Waals surface area contributed by atoms with Gasteiger partial charge in [0.25, 0.3) is 0 Å². The molecule has 1 amide bonds. The fourth-order valence-electron chi connectivity index (χ4n) is 1.68. The summed E-state index contributed by atoms with van der Waals surface area (Å²) in [6.45, 7) is 0.489. The van der Waals surface area contributed by atoms with Crippen molar-refractivity contribution in [2.45, 2.75) is 6.42 Å². The number of nitrogens with zero attached hydrogens (tertiary/aromatic N) is 2. The monoisotopic (exact) mass is 279 g/mol. The second-order valence-electron chi connectivity index (χ2n) is 3.62.